The molecule has 1 aromatic heterocycles. The van der Waals surface area contributed by atoms with Crippen molar-refractivity contribution >= 4 is 35.0 Å². The minimum atomic E-state index is -0.965. The number of nitrogens with zero attached hydrogens (tertiary/aromatic N) is 6. The lowest BCUT2D eigenvalue weighted by Crippen LogP contribution is -2.41. The Kier molecular flexibility index (Phi) is 5.22. The maximum absolute atomic E-state index is 13.9. The highest BCUT2D eigenvalue weighted by atomic mass is 35.5. The Balaban J connectivity index is 1.45. The molecule has 2 aliphatic heterocycles. The Morgan fingerprint density at radius 1 is 0.857 bits per heavy atom. The highest BCUT2D eigenvalue weighted by molar-refractivity contribution is 6.30. The number of halogens is 1. The maximum Gasteiger partial charge on any atom is 0.268 e. The van der Waals surface area contributed by atoms with Crippen LogP contribution in [0.5, 0.6) is 0 Å². The fourth-order valence-corrected chi connectivity index (χ4v) is 4.37. The average molecular weight is 479 g/mol. The second-order valence-electron chi connectivity index (χ2n) is 8.17. The van der Waals surface area contributed by atoms with E-state index in [4.69, 9.17) is 16.6 Å². The molecule has 3 aromatic carbocycles. The summed E-state index contributed by atoms with van der Waals surface area (Å²) in [7, 11) is 0. The molecule has 1 unspecified atom stereocenters. The van der Waals surface area contributed by atoms with E-state index in [1.807, 2.05) is 72.8 Å². The molecule has 0 spiro atoms. The molecule has 1 atom stereocenters. The van der Waals surface area contributed by atoms with E-state index in [-0.39, 0.29) is 0 Å². The van der Waals surface area contributed by atoms with Crippen LogP contribution < -0.4 is 9.66 Å². The van der Waals surface area contributed by atoms with Crippen molar-refractivity contribution in [3.8, 4) is 11.3 Å². The van der Waals surface area contributed by atoms with Crippen LogP contribution in [0.3, 0.4) is 0 Å². The number of rotatable bonds is 4. The summed E-state index contributed by atoms with van der Waals surface area (Å²) in [4.78, 5) is 15.3. The van der Waals surface area contributed by atoms with Gasteiger partial charge < -0.3 is 10.1 Å². The van der Waals surface area contributed by atoms with Gasteiger partial charge in [0.1, 0.15) is 12.2 Å². The Morgan fingerprint density at radius 3 is 2.31 bits per heavy atom. The highest BCUT2D eigenvalue weighted by Crippen LogP contribution is 2.38. The summed E-state index contributed by atoms with van der Waals surface area (Å²) < 4.78 is -0.965. The first-order chi connectivity index (χ1) is 17.1. The number of para-hydroxylation sites is 1. The third-order valence-electron chi connectivity index (χ3n) is 6.01. The van der Waals surface area contributed by atoms with Gasteiger partial charge in [-0.25, -0.2) is 9.97 Å². The molecule has 170 valence electrons. The van der Waals surface area contributed by atoms with Crippen molar-refractivity contribution < 1.29 is 0 Å². The standard InChI is InChI=1S/C27H19ClN6O/c28-22-10-12-23(13-11-22)33-17-21-16-31-34(35,24-4-2-1-3-5-24)27(21)32-26(33)20-8-6-19(7-9-20)25-14-15-29-18-30-25/h1-16,18H,17H2. The van der Waals surface area contributed by atoms with Gasteiger partial charge in [0.15, 0.2) is 5.69 Å². The fraction of sp³-hybridized carbons (Fsp3) is 0.0370. The lowest BCUT2D eigenvalue weighted by Gasteiger charge is -2.35. The Labute approximate surface area is 207 Å². The normalized spacial score (nSPS) is 19.0. The molecule has 7 nitrogen and oxygen atoms in total. The van der Waals surface area contributed by atoms with E-state index in [0.29, 0.717) is 28.9 Å². The van der Waals surface area contributed by atoms with Gasteiger partial charge in [-0.05, 0) is 30.3 Å². The molecule has 6 rings (SSSR count). The van der Waals surface area contributed by atoms with Crippen LogP contribution in [0.25, 0.3) is 11.3 Å². The van der Waals surface area contributed by atoms with Crippen LogP contribution in [0.4, 0.5) is 11.4 Å². The molecule has 4 aromatic rings. The molecule has 0 amide bonds. The van der Waals surface area contributed by atoms with Gasteiger partial charge in [0, 0.05) is 40.2 Å². The van der Waals surface area contributed by atoms with Gasteiger partial charge in [-0.2, -0.15) is 4.99 Å². The summed E-state index contributed by atoms with van der Waals surface area (Å²) in [5.74, 6) is 1.04. The van der Waals surface area contributed by atoms with Crippen LogP contribution in [0.2, 0.25) is 5.02 Å². The van der Waals surface area contributed by atoms with E-state index < -0.39 is 4.76 Å². The third-order valence-corrected chi connectivity index (χ3v) is 6.26. The summed E-state index contributed by atoms with van der Waals surface area (Å²) in [6.45, 7) is 0.460. The molecule has 0 fully saturated rings. The summed E-state index contributed by atoms with van der Waals surface area (Å²) in [5, 5.41) is 18.9. The number of hydrogen-bond acceptors (Lipinski definition) is 6. The Bertz CT molecular complexity index is 1470. The average Bonchev–Trinajstić information content (AvgIpc) is 3.26. The first kappa shape index (κ1) is 21.4. The minimum absolute atomic E-state index is 0.372. The number of benzene rings is 3. The van der Waals surface area contributed by atoms with Crippen LogP contribution in [-0.4, -0.2) is 28.6 Å². The number of quaternary nitrogens is 1. The molecule has 0 N–H and O–H groups in total. The highest BCUT2D eigenvalue weighted by Gasteiger charge is 2.39. The first-order valence-electron chi connectivity index (χ1n) is 11.1. The number of aliphatic imine (C=N–C) groups is 1. The van der Waals surface area contributed by atoms with Crippen molar-refractivity contribution in [3.63, 3.8) is 0 Å². The lowest BCUT2D eigenvalue weighted by atomic mass is 10.1. The van der Waals surface area contributed by atoms with Crippen molar-refractivity contribution in [1.29, 1.82) is 0 Å². The van der Waals surface area contributed by atoms with E-state index >= 15 is 0 Å². The van der Waals surface area contributed by atoms with Crippen LogP contribution in [0, 0.1) is 5.21 Å². The fourth-order valence-electron chi connectivity index (χ4n) is 4.24. The molecule has 0 saturated carbocycles. The van der Waals surface area contributed by atoms with Gasteiger partial charge in [0.2, 0.25) is 0 Å². The lowest BCUT2D eigenvalue weighted by molar-refractivity contribution is 0.488. The molecular formula is C27H19ClN6O. The largest absolute Gasteiger partial charge is 0.593 e. The number of hydrogen-bond donors (Lipinski definition) is 0. The van der Waals surface area contributed by atoms with Crippen molar-refractivity contribution in [3.05, 3.63) is 125 Å². The van der Waals surface area contributed by atoms with Crippen molar-refractivity contribution in [1.82, 2.24) is 14.7 Å². The zero-order valence-electron chi connectivity index (χ0n) is 18.5. The minimum Gasteiger partial charge on any atom is -0.593 e. The van der Waals surface area contributed by atoms with Crippen LogP contribution in [0.1, 0.15) is 5.56 Å². The van der Waals surface area contributed by atoms with Crippen molar-refractivity contribution in [2.45, 2.75) is 0 Å². The van der Waals surface area contributed by atoms with E-state index in [2.05, 4.69) is 20.0 Å². The topological polar surface area (TPSA) is 76.8 Å². The number of amidine groups is 1. The molecule has 0 saturated heterocycles. The Hall–Kier alpha value is -4.17. The molecule has 8 heteroatoms. The predicted octanol–water partition coefficient (Wildman–Crippen LogP) is 5.78. The van der Waals surface area contributed by atoms with E-state index in [1.54, 1.807) is 24.5 Å². The van der Waals surface area contributed by atoms with Crippen molar-refractivity contribution in [2.75, 3.05) is 11.4 Å². The smallest absolute Gasteiger partial charge is 0.268 e. The van der Waals surface area contributed by atoms with Crippen LogP contribution >= 0.6 is 11.6 Å². The van der Waals surface area contributed by atoms with Gasteiger partial charge in [0.25, 0.3) is 5.82 Å². The summed E-state index contributed by atoms with van der Waals surface area (Å²) in [6.07, 6.45) is 4.88. The van der Waals surface area contributed by atoms with E-state index in [0.717, 1.165) is 28.1 Å². The second kappa shape index (κ2) is 8.56. The van der Waals surface area contributed by atoms with E-state index in [9.17, 15) is 5.21 Å². The molecular weight excluding hydrogens is 460 g/mol. The van der Waals surface area contributed by atoms with Crippen LogP contribution in [0.15, 0.2) is 119 Å². The first-order valence-corrected chi connectivity index (χ1v) is 11.4. The monoisotopic (exact) mass is 478 g/mol. The molecule has 3 heterocycles. The SMILES string of the molecule is [O-][N+]1(c2ccccc2)N=CC2=C1N=C(c1ccc(-c3ccncn3)cc1)N(c1ccc(Cl)cc1)C2. The van der Waals surface area contributed by atoms with Crippen LogP contribution in [-0.2, 0) is 0 Å². The Morgan fingerprint density at radius 2 is 1.60 bits per heavy atom. The molecule has 35 heavy (non-hydrogen) atoms. The maximum atomic E-state index is 13.9. The second-order valence-corrected chi connectivity index (χ2v) is 8.61. The van der Waals surface area contributed by atoms with Gasteiger partial charge in [-0.1, -0.05) is 59.2 Å². The van der Waals surface area contributed by atoms with E-state index in [1.165, 1.54) is 6.33 Å². The molecule has 0 aliphatic carbocycles. The van der Waals surface area contributed by atoms with Gasteiger partial charge in [0.05, 0.1) is 24.0 Å². The summed E-state index contributed by atoms with van der Waals surface area (Å²) in [6, 6.07) is 26.5. The number of aromatic nitrogens is 2. The van der Waals surface area contributed by atoms with Gasteiger partial charge in [-0.15, -0.1) is 4.76 Å². The predicted molar refractivity (Wildman–Crippen MR) is 140 cm³/mol. The molecule has 0 radical (unpaired) electrons. The van der Waals surface area contributed by atoms with Crippen molar-refractivity contribution in [2.24, 2.45) is 10.1 Å². The van der Waals surface area contributed by atoms with Gasteiger partial charge in [-0.3, -0.25) is 0 Å². The number of anilines is 1. The third kappa shape index (κ3) is 3.81. The summed E-state index contributed by atoms with van der Waals surface area (Å²) >= 11 is 6.14. The van der Waals surface area contributed by atoms with Gasteiger partial charge >= 0.3 is 0 Å². The zero-order valence-corrected chi connectivity index (χ0v) is 19.2. The summed E-state index contributed by atoms with van der Waals surface area (Å²) in [5.41, 5.74) is 4.88. The molecule has 0 bridgehead atoms. The quantitative estimate of drug-likeness (QED) is 0.275. The number of hydroxylamine groups is 1. The molecule has 2 aliphatic rings. The zero-order chi connectivity index (χ0) is 23.8.